The van der Waals surface area contributed by atoms with Gasteiger partial charge in [0, 0.05) is 23.9 Å². The molecule has 1 heterocycles. The summed E-state index contributed by atoms with van der Waals surface area (Å²) < 4.78 is 4.79. The number of amides is 1. The first kappa shape index (κ1) is 18.3. The molecule has 1 N–H and O–H groups in total. The van der Waals surface area contributed by atoms with Gasteiger partial charge in [0.05, 0.1) is 13.0 Å². The van der Waals surface area contributed by atoms with Gasteiger partial charge in [-0.2, -0.15) is 0 Å². The fraction of sp³-hybridized carbons (Fsp3) is 0.263. The largest absolute Gasteiger partial charge is 0.466 e. The van der Waals surface area contributed by atoms with Crippen LogP contribution in [0, 0.1) is 6.92 Å². The van der Waals surface area contributed by atoms with E-state index in [4.69, 9.17) is 4.74 Å². The average molecular weight is 340 g/mol. The maximum absolute atomic E-state index is 12.0. The van der Waals surface area contributed by atoms with Crippen LogP contribution in [0.3, 0.4) is 0 Å². The van der Waals surface area contributed by atoms with E-state index in [1.54, 1.807) is 25.3 Å². The number of rotatable bonds is 7. The van der Waals surface area contributed by atoms with Crippen LogP contribution < -0.4 is 5.32 Å². The molecule has 130 valence electrons. The number of carbonyl (C=O) groups is 3. The van der Waals surface area contributed by atoms with Gasteiger partial charge in [-0.15, -0.1) is 0 Å². The Morgan fingerprint density at radius 2 is 2.04 bits per heavy atom. The van der Waals surface area contributed by atoms with E-state index in [2.05, 4.69) is 10.3 Å². The summed E-state index contributed by atoms with van der Waals surface area (Å²) in [6, 6.07) is 8.91. The van der Waals surface area contributed by atoms with E-state index in [-0.39, 0.29) is 30.5 Å². The molecule has 0 radical (unpaired) electrons. The van der Waals surface area contributed by atoms with Crippen molar-refractivity contribution in [1.29, 1.82) is 0 Å². The molecule has 0 aliphatic heterocycles. The Labute approximate surface area is 146 Å². The predicted octanol–water partition coefficient (Wildman–Crippen LogP) is 2.55. The Kier molecular flexibility index (Phi) is 6.39. The number of hydrogen-bond donors (Lipinski definition) is 1. The highest BCUT2D eigenvalue weighted by Crippen LogP contribution is 2.24. The molecule has 6 nitrogen and oxygen atoms in total. The van der Waals surface area contributed by atoms with Crippen molar-refractivity contribution in [2.75, 3.05) is 13.2 Å². The molecule has 2 aromatic rings. The van der Waals surface area contributed by atoms with Gasteiger partial charge in [0.1, 0.15) is 5.69 Å². The molecule has 1 aromatic carbocycles. The topological polar surface area (TPSA) is 85.4 Å². The molecular weight excluding hydrogens is 320 g/mol. The lowest BCUT2D eigenvalue weighted by Crippen LogP contribution is -2.27. The van der Waals surface area contributed by atoms with E-state index >= 15 is 0 Å². The number of ether oxygens (including phenoxy) is 1. The van der Waals surface area contributed by atoms with Gasteiger partial charge in [0.25, 0.3) is 5.91 Å². The molecule has 0 saturated heterocycles. The summed E-state index contributed by atoms with van der Waals surface area (Å²) in [4.78, 5) is 38.7. The molecule has 1 amide bonds. The second-order valence-corrected chi connectivity index (χ2v) is 5.40. The second-order valence-electron chi connectivity index (χ2n) is 5.40. The Balaban J connectivity index is 2.05. The Bertz CT molecular complexity index is 769. The minimum Gasteiger partial charge on any atom is -0.466 e. The van der Waals surface area contributed by atoms with Gasteiger partial charge in [0.2, 0.25) is 0 Å². The maximum atomic E-state index is 12.0. The molecule has 2 rings (SSSR count). The number of aromatic nitrogens is 1. The van der Waals surface area contributed by atoms with E-state index in [9.17, 15) is 14.4 Å². The van der Waals surface area contributed by atoms with Crippen LogP contribution in [0.25, 0.3) is 11.1 Å². The van der Waals surface area contributed by atoms with Gasteiger partial charge in [0.15, 0.2) is 6.29 Å². The molecule has 0 spiro atoms. The number of esters is 1. The number of carbonyl (C=O) groups excluding carboxylic acids is 3. The molecular formula is C19H20N2O4. The summed E-state index contributed by atoms with van der Waals surface area (Å²) in [7, 11) is 0. The lowest BCUT2D eigenvalue weighted by atomic mass is 9.98. The number of hydrogen-bond acceptors (Lipinski definition) is 5. The molecule has 0 fully saturated rings. The SMILES string of the molecule is CCOC(=O)CCNC(=O)c1ccc(-c2cccc(C)c2C=O)cn1. The van der Waals surface area contributed by atoms with Crippen LogP contribution in [0.1, 0.15) is 39.8 Å². The maximum Gasteiger partial charge on any atom is 0.307 e. The fourth-order valence-corrected chi connectivity index (χ4v) is 2.38. The van der Waals surface area contributed by atoms with E-state index in [0.29, 0.717) is 12.2 Å². The predicted molar refractivity (Wildman–Crippen MR) is 93.4 cm³/mol. The monoisotopic (exact) mass is 340 g/mol. The molecule has 6 heteroatoms. The molecule has 0 aliphatic rings. The lowest BCUT2D eigenvalue weighted by Gasteiger charge is -2.08. The summed E-state index contributed by atoms with van der Waals surface area (Å²) in [5.41, 5.74) is 3.27. The van der Waals surface area contributed by atoms with Crippen molar-refractivity contribution in [3.8, 4) is 11.1 Å². The first-order valence-corrected chi connectivity index (χ1v) is 8.01. The minimum absolute atomic E-state index is 0.115. The van der Waals surface area contributed by atoms with Gasteiger partial charge in [-0.3, -0.25) is 19.4 Å². The van der Waals surface area contributed by atoms with E-state index in [1.165, 1.54) is 0 Å². The first-order valence-electron chi connectivity index (χ1n) is 8.01. The van der Waals surface area contributed by atoms with Crippen LogP contribution in [0.2, 0.25) is 0 Å². The van der Waals surface area contributed by atoms with Crippen LogP contribution in [-0.2, 0) is 9.53 Å². The number of nitrogens with zero attached hydrogens (tertiary/aromatic N) is 1. The zero-order valence-corrected chi connectivity index (χ0v) is 14.2. The standard InChI is InChI=1S/C19H20N2O4/c1-3-25-18(23)9-10-20-19(24)17-8-7-14(11-21-17)15-6-4-5-13(2)16(15)12-22/h4-8,11-12H,3,9-10H2,1-2H3,(H,20,24). The summed E-state index contributed by atoms with van der Waals surface area (Å²) >= 11 is 0. The zero-order valence-electron chi connectivity index (χ0n) is 14.2. The van der Waals surface area contributed by atoms with Crippen LogP contribution >= 0.6 is 0 Å². The van der Waals surface area contributed by atoms with E-state index in [1.807, 2.05) is 25.1 Å². The average Bonchev–Trinajstić information content (AvgIpc) is 2.61. The number of benzene rings is 1. The van der Waals surface area contributed by atoms with Crippen molar-refractivity contribution >= 4 is 18.2 Å². The van der Waals surface area contributed by atoms with Crippen LogP contribution in [0.15, 0.2) is 36.5 Å². The molecule has 0 aliphatic carbocycles. The summed E-state index contributed by atoms with van der Waals surface area (Å²) in [6.07, 6.45) is 2.49. The number of nitrogens with one attached hydrogen (secondary N) is 1. The smallest absolute Gasteiger partial charge is 0.307 e. The van der Waals surface area contributed by atoms with Crippen LogP contribution in [-0.4, -0.2) is 36.3 Å². The second kappa shape index (κ2) is 8.73. The first-order chi connectivity index (χ1) is 12.1. The van der Waals surface area contributed by atoms with Gasteiger partial charge in [-0.1, -0.05) is 24.3 Å². The van der Waals surface area contributed by atoms with Gasteiger partial charge in [-0.25, -0.2) is 0 Å². The van der Waals surface area contributed by atoms with Crippen molar-refractivity contribution < 1.29 is 19.1 Å². The van der Waals surface area contributed by atoms with Crippen LogP contribution in [0.4, 0.5) is 0 Å². The minimum atomic E-state index is -0.365. The Morgan fingerprint density at radius 3 is 2.68 bits per heavy atom. The highest BCUT2D eigenvalue weighted by molar-refractivity contribution is 5.93. The van der Waals surface area contributed by atoms with Crippen molar-refractivity contribution in [3.05, 3.63) is 53.3 Å². The molecule has 1 aromatic heterocycles. The highest BCUT2D eigenvalue weighted by atomic mass is 16.5. The third kappa shape index (κ3) is 4.73. The summed E-state index contributed by atoms with van der Waals surface area (Å²) in [6.45, 7) is 4.10. The fourth-order valence-electron chi connectivity index (χ4n) is 2.38. The normalized spacial score (nSPS) is 10.2. The molecule has 0 atom stereocenters. The van der Waals surface area contributed by atoms with Crippen molar-refractivity contribution in [1.82, 2.24) is 10.3 Å². The third-order valence-electron chi connectivity index (χ3n) is 3.67. The van der Waals surface area contributed by atoms with Crippen molar-refractivity contribution in [2.45, 2.75) is 20.3 Å². The molecule has 0 unspecified atom stereocenters. The van der Waals surface area contributed by atoms with Gasteiger partial charge >= 0.3 is 5.97 Å². The van der Waals surface area contributed by atoms with E-state index < -0.39 is 0 Å². The number of aldehydes is 1. The quantitative estimate of drug-likeness (QED) is 0.618. The summed E-state index contributed by atoms with van der Waals surface area (Å²) in [5.74, 6) is -0.720. The summed E-state index contributed by atoms with van der Waals surface area (Å²) in [5, 5.41) is 2.62. The Morgan fingerprint density at radius 1 is 1.24 bits per heavy atom. The Hall–Kier alpha value is -3.02. The van der Waals surface area contributed by atoms with E-state index in [0.717, 1.165) is 23.0 Å². The molecule has 25 heavy (non-hydrogen) atoms. The number of aryl methyl sites for hydroxylation is 1. The lowest BCUT2D eigenvalue weighted by molar-refractivity contribution is -0.142. The van der Waals surface area contributed by atoms with Crippen molar-refractivity contribution in [2.24, 2.45) is 0 Å². The van der Waals surface area contributed by atoms with Crippen molar-refractivity contribution in [3.63, 3.8) is 0 Å². The molecule has 0 saturated carbocycles. The number of pyridine rings is 1. The van der Waals surface area contributed by atoms with Gasteiger partial charge in [-0.05, 0) is 31.0 Å². The van der Waals surface area contributed by atoms with Gasteiger partial charge < -0.3 is 10.1 Å². The zero-order chi connectivity index (χ0) is 18.2. The van der Waals surface area contributed by atoms with Crippen LogP contribution in [0.5, 0.6) is 0 Å². The highest BCUT2D eigenvalue weighted by Gasteiger charge is 2.11. The molecule has 0 bridgehead atoms. The third-order valence-corrected chi connectivity index (χ3v) is 3.67.